The van der Waals surface area contributed by atoms with Gasteiger partial charge in [-0.1, -0.05) is 76.2 Å². The molecule has 158 valence electrons. The van der Waals surface area contributed by atoms with Gasteiger partial charge in [-0.3, -0.25) is 0 Å². The Morgan fingerprint density at radius 3 is 1.29 bits per heavy atom. The standard InChI is InChI=1S/C24H26O5S.Na/c1-23(2,19-9-13-21(25)14-10-19)17-5-7-18(8-6-17)24(3,4)20-11-15-22(16-12-20)29-30(26,27)28;/h5-16,25H,1-4H3,(H,26,27,28);/q;+1/p-1. The molecule has 0 saturated heterocycles. The molecule has 0 unspecified atom stereocenters. The molecule has 3 aromatic carbocycles. The van der Waals surface area contributed by atoms with Gasteiger partial charge in [0.2, 0.25) is 0 Å². The zero-order valence-electron chi connectivity index (χ0n) is 18.4. The fraction of sp³-hybridized carbons (Fsp3) is 0.250. The van der Waals surface area contributed by atoms with Gasteiger partial charge in [0.05, 0.1) is 0 Å². The Bertz CT molecular complexity index is 1120. The molecule has 0 amide bonds. The summed E-state index contributed by atoms with van der Waals surface area (Å²) in [5.41, 5.74) is 3.75. The largest absolute Gasteiger partial charge is 1.00 e. The molecule has 0 heterocycles. The molecule has 0 fully saturated rings. The van der Waals surface area contributed by atoms with Crippen molar-refractivity contribution in [2.45, 2.75) is 38.5 Å². The number of benzene rings is 3. The van der Waals surface area contributed by atoms with Crippen molar-refractivity contribution < 1.29 is 51.8 Å². The van der Waals surface area contributed by atoms with Gasteiger partial charge in [-0.05, 0) is 46.5 Å². The summed E-state index contributed by atoms with van der Waals surface area (Å²) >= 11 is 0. The van der Waals surface area contributed by atoms with Crippen molar-refractivity contribution in [1.29, 1.82) is 0 Å². The van der Waals surface area contributed by atoms with Gasteiger partial charge >= 0.3 is 29.6 Å². The maximum atomic E-state index is 10.7. The van der Waals surface area contributed by atoms with Crippen LogP contribution in [-0.4, -0.2) is 18.1 Å². The Labute approximate surface area is 206 Å². The minimum absolute atomic E-state index is 0. The van der Waals surface area contributed by atoms with E-state index in [9.17, 15) is 18.1 Å². The Balaban J connectivity index is 0.00000341. The van der Waals surface area contributed by atoms with Crippen LogP contribution in [0.15, 0.2) is 72.8 Å². The minimum Gasteiger partial charge on any atom is -0.716 e. The van der Waals surface area contributed by atoms with Gasteiger partial charge in [0.1, 0.15) is 11.5 Å². The van der Waals surface area contributed by atoms with Crippen LogP contribution in [0, 0.1) is 0 Å². The summed E-state index contributed by atoms with van der Waals surface area (Å²) in [5, 5.41) is 9.55. The molecule has 0 aliphatic rings. The first-order chi connectivity index (χ1) is 13.9. The first-order valence-corrected chi connectivity index (χ1v) is 10.9. The van der Waals surface area contributed by atoms with Gasteiger partial charge in [0, 0.05) is 10.8 Å². The zero-order chi connectivity index (χ0) is 22.2. The van der Waals surface area contributed by atoms with Crippen LogP contribution in [0.3, 0.4) is 0 Å². The summed E-state index contributed by atoms with van der Waals surface area (Å²) in [6.07, 6.45) is 0. The van der Waals surface area contributed by atoms with E-state index in [4.69, 9.17) is 0 Å². The molecule has 0 saturated carbocycles. The zero-order valence-corrected chi connectivity index (χ0v) is 21.2. The molecule has 1 N–H and O–H groups in total. The molecule has 0 aliphatic heterocycles. The van der Waals surface area contributed by atoms with Gasteiger partial charge in [0.15, 0.2) is 0 Å². The molecule has 0 bridgehead atoms. The summed E-state index contributed by atoms with van der Waals surface area (Å²) in [4.78, 5) is 0. The average molecular weight is 449 g/mol. The number of hydrogen-bond donors (Lipinski definition) is 1. The number of rotatable bonds is 6. The first kappa shape index (κ1) is 25.4. The Morgan fingerprint density at radius 2 is 0.968 bits per heavy atom. The topological polar surface area (TPSA) is 86.7 Å². The summed E-state index contributed by atoms with van der Waals surface area (Å²) in [6.45, 7) is 8.44. The van der Waals surface area contributed by atoms with Crippen LogP contribution >= 0.6 is 0 Å². The van der Waals surface area contributed by atoms with E-state index >= 15 is 0 Å². The molecule has 0 atom stereocenters. The van der Waals surface area contributed by atoms with E-state index in [1.54, 1.807) is 24.3 Å². The SMILES string of the molecule is CC(C)(c1ccc(O)cc1)c1ccc(C(C)(C)c2ccc(OS(=O)(=O)[O-])cc2)cc1.[Na+]. The maximum Gasteiger partial charge on any atom is 1.00 e. The van der Waals surface area contributed by atoms with Gasteiger partial charge in [-0.15, -0.1) is 0 Å². The average Bonchev–Trinajstić information content (AvgIpc) is 2.67. The second-order valence-corrected chi connectivity index (χ2v) is 9.37. The Kier molecular flexibility index (Phi) is 7.67. The molecule has 0 aliphatic carbocycles. The van der Waals surface area contributed by atoms with Crippen molar-refractivity contribution in [2.75, 3.05) is 0 Å². The van der Waals surface area contributed by atoms with E-state index in [1.807, 2.05) is 12.1 Å². The molecule has 3 aromatic rings. The van der Waals surface area contributed by atoms with Crippen LogP contribution in [0.2, 0.25) is 0 Å². The third-order valence-electron chi connectivity index (χ3n) is 5.69. The van der Waals surface area contributed by atoms with Gasteiger partial charge in [0.25, 0.3) is 10.4 Å². The maximum absolute atomic E-state index is 10.7. The monoisotopic (exact) mass is 448 g/mol. The van der Waals surface area contributed by atoms with Crippen LogP contribution < -0.4 is 33.7 Å². The second kappa shape index (κ2) is 9.35. The molecule has 0 spiro atoms. The molecular formula is C24H25NaO5S. The summed E-state index contributed by atoms with van der Waals surface area (Å²) < 4.78 is 36.6. The fourth-order valence-electron chi connectivity index (χ4n) is 3.56. The summed E-state index contributed by atoms with van der Waals surface area (Å²) in [5.74, 6) is 0.242. The van der Waals surface area contributed by atoms with Crippen LogP contribution in [-0.2, 0) is 21.2 Å². The van der Waals surface area contributed by atoms with Crippen LogP contribution in [0.1, 0.15) is 49.9 Å². The first-order valence-electron chi connectivity index (χ1n) is 9.56. The van der Waals surface area contributed by atoms with E-state index in [-0.39, 0.29) is 51.9 Å². The second-order valence-electron chi connectivity index (χ2n) is 8.39. The van der Waals surface area contributed by atoms with Crippen LogP contribution in [0.4, 0.5) is 0 Å². The predicted molar refractivity (Wildman–Crippen MR) is 116 cm³/mol. The molecule has 0 radical (unpaired) electrons. The van der Waals surface area contributed by atoms with Crippen molar-refractivity contribution in [3.8, 4) is 11.5 Å². The number of phenols is 1. The third kappa shape index (κ3) is 5.90. The Hall–Kier alpha value is -1.83. The van der Waals surface area contributed by atoms with E-state index in [2.05, 4.69) is 56.1 Å². The molecule has 31 heavy (non-hydrogen) atoms. The molecule has 0 aromatic heterocycles. The van der Waals surface area contributed by atoms with Gasteiger partial charge in [-0.2, -0.15) is 0 Å². The van der Waals surface area contributed by atoms with E-state index in [0.29, 0.717) is 0 Å². The van der Waals surface area contributed by atoms with Crippen LogP contribution in [0.25, 0.3) is 0 Å². The van der Waals surface area contributed by atoms with E-state index < -0.39 is 10.4 Å². The number of hydrogen-bond acceptors (Lipinski definition) is 5. The van der Waals surface area contributed by atoms with Gasteiger partial charge < -0.3 is 13.8 Å². The molecular weight excluding hydrogens is 423 g/mol. The predicted octanol–water partition coefficient (Wildman–Crippen LogP) is 1.89. The van der Waals surface area contributed by atoms with Gasteiger partial charge in [-0.25, -0.2) is 8.42 Å². The molecule has 7 heteroatoms. The van der Waals surface area contributed by atoms with E-state index in [0.717, 1.165) is 22.3 Å². The van der Waals surface area contributed by atoms with Crippen molar-refractivity contribution >= 4 is 10.4 Å². The van der Waals surface area contributed by atoms with Crippen LogP contribution in [0.5, 0.6) is 11.5 Å². The molecule has 5 nitrogen and oxygen atoms in total. The number of aromatic hydroxyl groups is 1. The van der Waals surface area contributed by atoms with Crippen molar-refractivity contribution in [1.82, 2.24) is 0 Å². The van der Waals surface area contributed by atoms with E-state index in [1.165, 1.54) is 12.1 Å². The Morgan fingerprint density at radius 1 is 0.677 bits per heavy atom. The van der Waals surface area contributed by atoms with Crippen molar-refractivity contribution in [2.24, 2.45) is 0 Å². The van der Waals surface area contributed by atoms with Crippen molar-refractivity contribution in [3.05, 3.63) is 95.1 Å². The van der Waals surface area contributed by atoms with Crippen molar-refractivity contribution in [3.63, 3.8) is 0 Å². The quantitative estimate of drug-likeness (QED) is 0.354. The fourth-order valence-corrected chi connectivity index (χ4v) is 3.91. The normalized spacial score (nSPS) is 12.2. The number of phenolic OH excluding ortho intramolecular Hbond substituents is 1. The molecule has 3 rings (SSSR count). The summed E-state index contributed by atoms with van der Waals surface area (Å²) in [6, 6.07) is 22.1. The smallest absolute Gasteiger partial charge is 0.716 e. The third-order valence-corrected chi connectivity index (χ3v) is 6.09. The summed E-state index contributed by atoms with van der Waals surface area (Å²) in [7, 11) is -4.79. The minimum atomic E-state index is -4.79.